The van der Waals surface area contributed by atoms with Gasteiger partial charge in [0.25, 0.3) is 0 Å². The number of sulfonamides is 1. The topological polar surface area (TPSA) is 57.6 Å². The van der Waals surface area contributed by atoms with Crippen LogP contribution >= 0.6 is 11.3 Å². The molecule has 0 amide bonds. The summed E-state index contributed by atoms with van der Waals surface area (Å²) in [5, 5.41) is 10.4. The molecule has 0 bridgehead atoms. The van der Waals surface area contributed by atoms with Crippen LogP contribution in [0.2, 0.25) is 0 Å². The van der Waals surface area contributed by atoms with E-state index in [1.807, 2.05) is 11.4 Å². The molecule has 0 unspecified atom stereocenters. The molecule has 0 saturated carbocycles. The first kappa shape index (κ1) is 13.2. The van der Waals surface area contributed by atoms with Gasteiger partial charge in [-0.15, -0.1) is 11.3 Å². The Morgan fingerprint density at radius 1 is 1.56 bits per heavy atom. The summed E-state index contributed by atoms with van der Waals surface area (Å²) in [5.41, 5.74) is 0.802. The fraction of sp³-hybridized carbons (Fsp3) is 0.400. The van der Waals surface area contributed by atoms with Crippen molar-refractivity contribution in [1.82, 2.24) is 4.31 Å². The van der Waals surface area contributed by atoms with Crippen molar-refractivity contribution in [3.05, 3.63) is 21.9 Å². The molecule has 0 aliphatic rings. The van der Waals surface area contributed by atoms with E-state index in [9.17, 15) is 8.42 Å². The van der Waals surface area contributed by atoms with Crippen molar-refractivity contribution >= 4 is 21.4 Å². The second-order valence-electron chi connectivity index (χ2n) is 3.28. The average molecular weight is 259 g/mol. The smallest absolute Gasteiger partial charge is 0.211 e. The lowest BCUT2D eigenvalue weighted by Crippen LogP contribution is -2.24. The van der Waals surface area contributed by atoms with Gasteiger partial charge >= 0.3 is 0 Å². The highest BCUT2D eigenvalue weighted by atomic mass is 32.2. The van der Waals surface area contributed by atoms with Gasteiger partial charge in [0.2, 0.25) is 10.0 Å². The summed E-state index contributed by atoms with van der Waals surface area (Å²) in [5.74, 6) is 5.31. The summed E-state index contributed by atoms with van der Waals surface area (Å²) in [7, 11) is -1.61. The maximum absolute atomic E-state index is 11.2. The van der Waals surface area contributed by atoms with Gasteiger partial charge in [-0.2, -0.15) is 0 Å². The lowest BCUT2D eigenvalue weighted by molar-refractivity contribution is 0.350. The molecule has 1 N–H and O–H groups in total. The number of hydrogen-bond donors (Lipinski definition) is 1. The van der Waals surface area contributed by atoms with Crippen LogP contribution in [0.4, 0.5) is 0 Å². The van der Waals surface area contributed by atoms with E-state index in [4.69, 9.17) is 5.11 Å². The first-order valence-corrected chi connectivity index (χ1v) is 7.24. The molecule has 4 nitrogen and oxygen atoms in total. The van der Waals surface area contributed by atoms with Crippen molar-refractivity contribution in [1.29, 1.82) is 0 Å². The van der Waals surface area contributed by atoms with Crippen LogP contribution in [0.5, 0.6) is 0 Å². The summed E-state index contributed by atoms with van der Waals surface area (Å²) in [6.45, 7) is 0.179. The summed E-state index contributed by atoms with van der Waals surface area (Å²) in [4.78, 5) is 0.926. The number of rotatable bonds is 3. The zero-order valence-corrected chi connectivity index (χ0v) is 10.7. The van der Waals surface area contributed by atoms with Crippen LogP contribution in [0.1, 0.15) is 10.4 Å². The summed E-state index contributed by atoms with van der Waals surface area (Å²) in [6.07, 6.45) is 1.17. The molecule has 0 saturated heterocycles. The second kappa shape index (κ2) is 5.46. The van der Waals surface area contributed by atoms with Gasteiger partial charge in [0.05, 0.1) is 6.26 Å². The number of thiophene rings is 1. The minimum atomic E-state index is -3.14. The van der Waals surface area contributed by atoms with Crippen molar-refractivity contribution in [2.45, 2.75) is 6.54 Å². The van der Waals surface area contributed by atoms with E-state index in [1.165, 1.54) is 28.9 Å². The first-order chi connectivity index (χ1) is 7.43. The Labute approximate surface area is 99.6 Å². The molecule has 0 radical (unpaired) electrons. The molecule has 1 rings (SSSR count). The molecular formula is C10H13NO3S2. The molecule has 0 aromatic carbocycles. The highest BCUT2D eigenvalue weighted by molar-refractivity contribution is 7.88. The minimum absolute atomic E-state index is 0.172. The largest absolute Gasteiger partial charge is 0.384 e. The molecule has 1 aromatic rings. The van der Waals surface area contributed by atoms with E-state index in [2.05, 4.69) is 11.8 Å². The molecule has 1 heterocycles. The van der Waals surface area contributed by atoms with Gasteiger partial charge < -0.3 is 5.11 Å². The van der Waals surface area contributed by atoms with E-state index in [0.29, 0.717) is 6.54 Å². The number of hydrogen-bond acceptors (Lipinski definition) is 4. The van der Waals surface area contributed by atoms with Crippen LogP contribution in [0.15, 0.2) is 11.4 Å². The zero-order chi connectivity index (χ0) is 12.2. The molecule has 0 fully saturated rings. The van der Waals surface area contributed by atoms with E-state index in [1.54, 1.807) is 0 Å². The van der Waals surface area contributed by atoms with Crippen molar-refractivity contribution < 1.29 is 13.5 Å². The van der Waals surface area contributed by atoms with E-state index in [-0.39, 0.29) is 6.61 Å². The second-order valence-corrected chi connectivity index (χ2v) is 6.37. The van der Waals surface area contributed by atoms with Gasteiger partial charge in [-0.1, -0.05) is 11.8 Å². The van der Waals surface area contributed by atoms with Crippen molar-refractivity contribution in [2.24, 2.45) is 0 Å². The number of nitrogens with zero attached hydrogens (tertiary/aromatic N) is 1. The SMILES string of the molecule is CN(Cc1cc(C#CCO)cs1)S(C)(=O)=O. The van der Waals surface area contributed by atoms with Crippen LogP contribution in [0, 0.1) is 11.8 Å². The fourth-order valence-corrected chi connectivity index (χ4v) is 2.33. The van der Waals surface area contributed by atoms with Crippen molar-refractivity contribution in [2.75, 3.05) is 19.9 Å². The van der Waals surface area contributed by atoms with Crippen LogP contribution in [-0.2, 0) is 16.6 Å². The minimum Gasteiger partial charge on any atom is -0.384 e. The summed E-state index contributed by atoms with van der Waals surface area (Å²) >= 11 is 1.45. The van der Waals surface area contributed by atoms with Gasteiger partial charge in [0, 0.05) is 29.4 Å². The maximum atomic E-state index is 11.2. The van der Waals surface area contributed by atoms with Crippen LogP contribution < -0.4 is 0 Å². The third kappa shape index (κ3) is 3.94. The van der Waals surface area contributed by atoms with Crippen LogP contribution in [0.25, 0.3) is 0 Å². The standard InChI is InChI=1S/C10H13NO3S2/c1-11(16(2,13)14)7-10-6-9(8-15-10)4-3-5-12/h6,8,12H,5,7H2,1-2H3. The Bertz CT molecular complexity index is 508. The van der Waals surface area contributed by atoms with Gasteiger partial charge in [-0.05, 0) is 6.07 Å². The first-order valence-electron chi connectivity index (χ1n) is 4.52. The fourth-order valence-electron chi connectivity index (χ4n) is 1.01. The maximum Gasteiger partial charge on any atom is 0.211 e. The Hall–Kier alpha value is -0.870. The third-order valence-electron chi connectivity index (χ3n) is 1.91. The molecule has 1 aromatic heterocycles. The average Bonchev–Trinajstić information content (AvgIpc) is 2.61. The van der Waals surface area contributed by atoms with Crippen molar-refractivity contribution in [3.8, 4) is 11.8 Å². The predicted octanol–water partition coefficient (Wildman–Crippen LogP) is 0.483. The molecule has 88 valence electrons. The highest BCUT2D eigenvalue weighted by Gasteiger charge is 2.12. The number of aliphatic hydroxyl groups is 1. The monoisotopic (exact) mass is 259 g/mol. The molecule has 0 aliphatic carbocycles. The predicted molar refractivity (Wildman–Crippen MR) is 64.6 cm³/mol. The summed E-state index contributed by atoms with van der Waals surface area (Å²) in [6, 6.07) is 1.83. The molecule has 16 heavy (non-hydrogen) atoms. The molecule has 0 aliphatic heterocycles. The Balaban J connectivity index is 2.73. The summed E-state index contributed by atoms with van der Waals surface area (Å²) < 4.78 is 23.6. The molecule has 0 atom stereocenters. The van der Waals surface area contributed by atoms with Crippen LogP contribution in [-0.4, -0.2) is 37.7 Å². The lowest BCUT2D eigenvalue weighted by Gasteiger charge is -2.11. The van der Waals surface area contributed by atoms with E-state index < -0.39 is 10.0 Å². The van der Waals surface area contributed by atoms with Gasteiger partial charge in [-0.3, -0.25) is 0 Å². The zero-order valence-electron chi connectivity index (χ0n) is 9.10. The Kier molecular flexibility index (Phi) is 4.50. The van der Waals surface area contributed by atoms with E-state index >= 15 is 0 Å². The van der Waals surface area contributed by atoms with Gasteiger partial charge in [0.1, 0.15) is 6.61 Å². The highest BCUT2D eigenvalue weighted by Crippen LogP contribution is 2.16. The molecular weight excluding hydrogens is 246 g/mol. The normalized spacial score (nSPS) is 11.2. The molecule has 0 spiro atoms. The quantitative estimate of drug-likeness (QED) is 0.803. The Morgan fingerprint density at radius 2 is 2.25 bits per heavy atom. The van der Waals surface area contributed by atoms with Gasteiger partial charge in [-0.25, -0.2) is 12.7 Å². The van der Waals surface area contributed by atoms with Crippen LogP contribution in [0.3, 0.4) is 0 Å². The third-order valence-corrected chi connectivity index (χ3v) is 4.09. The van der Waals surface area contributed by atoms with E-state index in [0.717, 1.165) is 10.4 Å². The van der Waals surface area contributed by atoms with Gasteiger partial charge in [0.15, 0.2) is 0 Å². The lowest BCUT2D eigenvalue weighted by atomic mass is 10.3. The number of aliphatic hydroxyl groups excluding tert-OH is 1. The Morgan fingerprint density at radius 3 is 2.81 bits per heavy atom. The van der Waals surface area contributed by atoms with Crippen molar-refractivity contribution in [3.63, 3.8) is 0 Å². The molecule has 6 heteroatoms.